The Morgan fingerprint density at radius 1 is 0.505 bits per heavy atom. The minimum Gasteiger partial charge on any atom is -0.508 e. The van der Waals surface area contributed by atoms with Crippen LogP contribution >= 0.6 is 12.6 Å². The second-order valence-corrected chi connectivity index (χ2v) is 26.1. The first-order valence-corrected chi connectivity index (χ1v) is 37.4. The number of phenols is 2. The lowest BCUT2D eigenvalue weighted by molar-refractivity contribution is -0.191. The zero-order valence-electron chi connectivity index (χ0n) is 63.1. The molecule has 11 rings (SSSR count). The highest BCUT2D eigenvalue weighted by Crippen LogP contribution is 2.42. The summed E-state index contributed by atoms with van der Waals surface area (Å²) in [6.07, 6.45) is 8.95. The Morgan fingerprint density at radius 2 is 0.910 bits per heavy atom. The van der Waals surface area contributed by atoms with Crippen molar-refractivity contribution in [1.29, 1.82) is 0 Å². The van der Waals surface area contributed by atoms with Crippen LogP contribution in [0.1, 0.15) is 171 Å². The molecule has 2 unspecified atom stereocenters. The summed E-state index contributed by atoms with van der Waals surface area (Å²) in [6, 6.07) is 13.3. The number of hydrogen-bond donors (Lipinski definition) is 4. The summed E-state index contributed by atoms with van der Waals surface area (Å²) >= 11 is 4.00. The van der Waals surface area contributed by atoms with Crippen LogP contribution in [0.2, 0.25) is 0 Å². The van der Waals surface area contributed by atoms with Gasteiger partial charge in [0.15, 0.2) is 70.8 Å². The highest BCUT2D eigenvalue weighted by Gasteiger charge is 2.42. The van der Waals surface area contributed by atoms with E-state index < -0.39 is 82.2 Å². The van der Waals surface area contributed by atoms with Crippen LogP contribution in [0.5, 0.6) is 23.0 Å². The first-order chi connectivity index (χ1) is 53.0. The molecular weight excluding hydrogens is 1500 g/mol. The Kier molecular flexibility index (Phi) is 42.5. The molecule has 0 radical (unpaired) electrons. The number of likely N-dealkylation sites (tertiary alicyclic amines) is 4. The summed E-state index contributed by atoms with van der Waals surface area (Å²) < 4.78 is 174. The first-order valence-electron chi connectivity index (χ1n) is 36.8. The van der Waals surface area contributed by atoms with Gasteiger partial charge in [-0.25, -0.2) is 63.1 Å². The van der Waals surface area contributed by atoms with Crippen molar-refractivity contribution >= 4 is 48.9 Å². The van der Waals surface area contributed by atoms with Gasteiger partial charge < -0.3 is 72.8 Å². The number of carbonyl (C=O) groups is 5. The number of aliphatic hydroxyl groups is 1. The number of ether oxygens (including phenoxy) is 8. The number of unbranched alkanes of at least 4 members (excludes halogenated alkanes) is 1. The summed E-state index contributed by atoms with van der Waals surface area (Å²) in [5.74, 6) is -8.65. The number of carbonyl (C=O) groups excluding carboxylic acids is 7. The van der Waals surface area contributed by atoms with E-state index in [4.69, 9.17) is 52.6 Å². The lowest BCUT2D eigenvalue weighted by Gasteiger charge is -2.39. The number of aryl methyl sites for hydroxylation is 1. The molecule has 0 bridgehead atoms. The fourth-order valence-electron chi connectivity index (χ4n) is 12.1. The maximum Gasteiger partial charge on any atom is 0.409 e. The van der Waals surface area contributed by atoms with Crippen LogP contribution in [0.25, 0.3) is 0 Å². The predicted octanol–water partition coefficient (Wildman–Crippen LogP) is 16.4. The average molecular weight is 1600 g/mol. The van der Waals surface area contributed by atoms with Gasteiger partial charge in [0.05, 0.1) is 50.8 Å². The molecule has 6 saturated heterocycles. The maximum absolute atomic E-state index is 14.7. The molecular formula is C78H100F10N4O18S. The number of amides is 4. The first kappa shape index (κ1) is 94.3. The molecule has 6 fully saturated rings. The number of ketones is 1. The zero-order chi connectivity index (χ0) is 82.2. The van der Waals surface area contributed by atoms with E-state index in [9.17, 15) is 78.1 Å². The molecule has 5 aromatic rings. The quantitative estimate of drug-likeness (QED) is 0.0485. The molecule has 4 amide bonds. The fourth-order valence-corrected chi connectivity index (χ4v) is 12.4. The standard InChI is InChI=1S/C19H25F2NO5.C15H19F2NO2.C14H17F2NO3.C11H12F2O2.C8H13NO3.C6H4F2O.C4H10S.CO2/c1-2-25-18(23)22-10-8-19(24,9-11-22)16-14(7-6-13(20)17(16)21)27-15-5-3-4-12-26-15;1-3-20-15(19)18-8-6-11(7-9-18)13-10(2)4-5-12(16)14(13)17;1-2-20-14(19)17-7-5-9(6-8-17)12-11(18)4-3-10(15)13(12)16;12-9-5-4-8(7-10(9)13)15-11-3-1-2-6-14-11;1-2-12-8(11)9-5-3-7(10)4-6-9;7-5-2-1-4(9)3-6(5)8;1-2-3-4-5;2-1-3/h6-7,15,24H,2-5,8-12H2,1H3;4-5,11H,3,6-9H2,1-2H3;3-4,9,18H,2,5-8H2,1H3;4-5,7,11H,1-3,6H2;2-6H2,1H3;1-3,9H;5H,2-4H2,1H3;. The van der Waals surface area contributed by atoms with Gasteiger partial charge in [0.2, 0.25) is 0 Å². The Bertz CT molecular complexity index is 3630. The molecule has 0 aromatic heterocycles. The molecule has 6 heterocycles. The van der Waals surface area contributed by atoms with E-state index in [-0.39, 0.29) is 103 Å². The lowest BCUT2D eigenvalue weighted by Crippen LogP contribution is -2.46. The highest BCUT2D eigenvalue weighted by molar-refractivity contribution is 7.80. The number of nitrogens with zero attached hydrogens (tertiary/aromatic N) is 4. The third-order valence-corrected chi connectivity index (χ3v) is 18.2. The second kappa shape index (κ2) is 50.1. The van der Waals surface area contributed by atoms with Crippen LogP contribution in [-0.2, 0) is 48.4 Å². The van der Waals surface area contributed by atoms with Gasteiger partial charge >= 0.3 is 30.5 Å². The molecule has 33 heteroatoms. The lowest BCUT2D eigenvalue weighted by atomic mass is 9.83. The number of Topliss-reactive ketones (excluding diaryl/α,β-unsaturated/α-hetero) is 1. The van der Waals surface area contributed by atoms with Crippen LogP contribution < -0.4 is 9.47 Å². The third-order valence-electron chi connectivity index (χ3n) is 17.9. The topological polar surface area (TPSA) is 267 Å². The van der Waals surface area contributed by atoms with Crippen LogP contribution in [-0.4, -0.2) is 182 Å². The fraction of sp³-hybridized carbons (Fsp3) is 0.538. The minimum atomic E-state index is -1.64. The van der Waals surface area contributed by atoms with Gasteiger partial charge in [-0.3, -0.25) is 4.79 Å². The molecule has 6 aliphatic rings. The molecule has 0 aliphatic carbocycles. The summed E-state index contributed by atoms with van der Waals surface area (Å²) in [4.78, 5) is 79.3. The van der Waals surface area contributed by atoms with E-state index in [0.717, 1.165) is 98.0 Å². The SMILES string of the molecule is CCCCS.CCOC(=O)N1CCC(=O)CC1.CCOC(=O)N1CCC(O)(c2c(OC3CCCCO3)ccc(F)c2F)CC1.CCOC(=O)N1CCC(c2c(C)ccc(F)c2F)CC1.CCOC(=O)N1CCC(c2c(O)ccc(F)c2F)CC1.Fc1ccc(OC2CCCCO2)cc1F.O=C=O.Oc1ccc(F)c(F)c1. The molecule has 111 heavy (non-hydrogen) atoms. The Balaban J connectivity index is 0.000000283. The number of phenolic OH excluding ortho intramolecular Hbond substituents is 2. The number of hydrogen-bond acceptors (Lipinski definition) is 19. The smallest absolute Gasteiger partial charge is 0.409 e. The van der Waals surface area contributed by atoms with Crippen LogP contribution in [0.3, 0.4) is 0 Å². The Hall–Kier alpha value is -9.04. The Morgan fingerprint density at radius 3 is 1.33 bits per heavy atom. The minimum absolute atomic E-state index is 0.00788. The summed E-state index contributed by atoms with van der Waals surface area (Å²) in [5, 5.41) is 29.3. The number of halogens is 10. The molecule has 616 valence electrons. The summed E-state index contributed by atoms with van der Waals surface area (Å²) in [5.41, 5.74) is -0.625. The molecule has 0 spiro atoms. The molecule has 5 aromatic carbocycles. The molecule has 6 aliphatic heterocycles. The highest BCUT2D eigenvalue weighted by atomic mass is 32.1. The van der Waals surface area contributed by atoms with Crippen molar-refractivity contribution in [1.82, 2.24) is 19.6 Å². The summed E-state index contributed by atoms with van der Waals surface area (Å²) in [7, 11) is 0. The van der Waals surface area contributed by atoms with Gasteiger partial charge in [-0.2, -0.15) is 22.2 Å². The van der Waals surface area contributed by atoms with Gasteiger partial charge in [-0.05, 0) is 189 Å². The van der Waals surface area contributed by atoms with Gasteiger partial charge in [0, 0.05) is 95.7 Å². The van der Waals surface area contributed by atoms with Crippen LogP contribution in [0.15, 0.2) is 72.8 Å². The van der Waals surface area contributed by atoms with Crippen molar-refractivity contribution in [3.63, 3.8) is 0 Å². The normalized spacial score (nSPS) is 17.3. The second-order valence-electron chi connectivity index (χ2n) is 25.6. The average Bonchev–Trinajstić information content (AvgIpc) is 0.766. The van der Waals surface area contributed by atoms with Crippen molar-refractivity contribution in [3.8, 4) is 23.0 Å². The van der Waals surface area contributed by atoms with E-state index >= 15 is 0 Å². The number of aromatic hydroxyl groups is 2. The van der Waals surface area contributed by atoms with Gasteiger partial charge in [0.1, 0.15) is 28.8 Å². The maximum atomic E-state index is 14.7. The number of thiol groups is 1. The van der Waals surface area contributed by atoms with E-state index in [1.165, 1.54) is 34.8 Å². The van der Waals surface area contributed by atoms with Gasteiger partial charge in [0.25, 0.3) is 0 Å². The van der Waals surface area contributed by atoms with E-state index in [1.54, 1.807) is 50.5 Å². The zero-order valence-corrected chi connectivity index (χ0v) is 64.0. The van der Waals surface area contributed by atoms with E-state index in [1.807, 2.05) is 0 Å². The predicted molar refractivity (Wildman–Crippen MR) is 388 cm³/mol. The molecule has 3 N–H and O–H groups in total. The molecule has 0 saturated carbocycles. The van der Waals surface area contributed by atoms with Crippen LogP contribution in [0, 0.1) is 65.1 Å². The van der Waals surface area contributed by atoms with Gasteiger partial charge in [-0.15, -0.1) is 0 Å². The largest absolute Gasteiger partial charge is 0.508 e. The van der Waals surface area contributed by atoms with Crippen LogP contribution in [0.4, 0.5) is 63.1 Å². The third kappa shape index (κ3) is 31.2. The van der Waals surface area contributed by atoms with Gasteiger partial charge in [-0.1, -0.05) is 19.4 Å². The molecule has 2 atom stereocenters. The monoisotopic (exact) mass is 1600 g/mol. The van der Waals surface area contributed by atoms with Crippen molar-refractivity contribution < 1.29 is 131 Å². The number of piperidine rings is 4. The Labute approximate surface area is 644 Å². The van der Waals surface area contributed by atoms with Crippen molar-refractivity contribution in [2.24, 2.45) is 0 Å². The van der Waals surface area contributed by atoms with E-state index in [2.05, 4.69) is 19.6 Å². The van der Waals surface area contributed by atoms with E-state index in [0.29, 0.717) is 129 Å². The number of rotatable bonds is 13. The van der Waals surface area contributed by atoms with Crippen molar-refractivity contribution in [2.45, 2.75) is 174 Å². The summed E-state index contributed by atoms with van der Waals surface area (Å²) in [6.45, 7) is 16.6. The number of benzene rings is 5. The molecule has 22 nitrogen and oxygen atoms in total. The van der Waals surface area contributed by atoms with Crippen molar-refractivity contribution in [2.75, 3.05) is 97.8 Å². The van der Waals surface area contributed by atoms with Crippen molar-refractivity contribution in [3.05, 3.63) is 153 Å².